The third kappa shape index (κ3) is 6.97. The van der Waals surface area contributed by atoms with Crippen LogP contribution in [-0.4, -0.2) is 12.7 Å². The van der Waals surface area contributed by atoms with Crippen molar-refractivity contribution in [3.05, 3.63) is 34.3 Å². The van der Waals surface area contributed by atoms with E-state index in [2.05, 4.69) is 28.2 Å². The molecule has 1 rings (SSSR count). The molecule has 1 aromatic rings. The molecule has 0 saturated carbocycles. The first kappa shape index (κ1) is 16.5. The van der Waals surface area contributed by atoms with Crippen LogP contribution in [0.5, 0.6) is 0 Å². The van der Waals surface area contributed by atoms with E-state index in [0.29, 0.717) is 13.0 Å². The molecule has 0 amide bonds. The summed E-state index contributed by atoms with van der Waals surface area (Å²) >= 11 is 3.42. The Kier molecular flexibility index (Phi) is 6.86. The van der Waals surface area contributed by atoms with Crippen molar-refractivity contribution in [3.8, 4) is 0 Å². The van der Waals surface area contributed by atoms with E-state index in [-0.39, 0.29) is 12.5 Å². The smallest absolute Gasteiger partial charge is 0.310 e. The SMILES string of the molecule is CCC(NCCCCC(F)(F)F)c1cccc(Br)c1. The lowest BCUT2D eigenvalue weighted by atomic mass is 10.0. The maximum absolute atomic E-state index is 12.0. The minimum absolute atomic E-state index is 0.186. The predicted octanol–water partition coefficient (Wildman–Crippen LogP) is 5.22. The van der Waals surface area contributed by atoms with Crippen molar-refractivity contribution in [2.24, 2.45) is 0 Å². The van der Waals surface area contributed by atoms with Crippen LogP contribution >= 0.6 is 15.9 Å². The topological polar surface area (TPSA) is 12.0 Å². The van der Waals surface area contributed by atoms with E-state index in [9.17, 15) is 13.2 Å². The summed E-state index contributed by atoms with van der Waals surface area (Å²) in [5, 5.41) is 3.31. The average molecular weight is 338 g/mol. The molecule has 1 N–H and O–H groups in total. The summed E-state index contributed by atoms with van der Waals surface area (Å²) in [7, 11) is 0. The molecule has 0 aliphatic carbocycles. The minimum atomic E-state index is -4.03. The number of alkyl halides is 3. The van der Waals surface area contributed by atoms with Crippen LogP contribution in [0.2, 0.25) is 0 Å². The largest absolute Gasteiger partial charge is 0.389 e. The Hall–Kier alpha value is -0.550. The second-order valence-electron chi connectivity index (χ2n) is 4.54. The van der Waals surface area contributed by atoms with E-state index in [0.717, 1.165) is 16.5 Å². The number of unbranched alkanes of at least 4 members (excludes halogenated alkanes) is 1. The van der Waals surface area contributed by atoms with Gasteiger partial charge in [0.1, 0.15) is 0 Å². The molecule has 5 heteroatoms. The molecular weight excluding hydrogens is 319 g/mol. The van der Waals surface area contributed by atoms with Gasteiger partial charge in [0, 0.05) is 16.9 Å². The quantitative estimate of drug-likeness (QED) is 0.672. The van der Waals surface area contributed by atoms with Crippen LogP contribution in [0.15, 0.2) is 28.7 Å². The molecule has 0 radical (unpaired) electrons. The maximum atomic E-state index is 12.0. The summed E-state index contributed by atoms with van der Waals surface area (Å²) < 4.78 is 37.0. The number of nitrogens with one attached hydrogen (secondary N) is 1. The van der Waals surface area contributed by atoms with Crippen molar-refractivity contribution in [3.63, 3.8) is 0 Å². The predicted molar refractivity (Wildman–Crippen MR) is 75.1 cm³/mol. The van der Waals surface area contributed by atoms with Gasteiger partial charge in [-0.2, -0.15) is 13.2 Å². The molecule has 0 heterocycles. The highest BCUT2D eigenvalue weighted by atomic mass is 79.9. The Balaban J connectivity index is 2.34. The van der Waals surface area contributed by atoms with Gasteiger partial charge in [-0.05, 0) is 43.5 Å². The van der Waals surface area contributed by atoms with Gasteiger partial charge in [0.05, 0.1) is 0 Å². The van der Waals surface area contributed by atoms with Gasteiger partial charge in [-0.1, -0.05) is 35.0 Å². The molecule has 1 nitrogen and oxygen atoms in total. The first-order valence-electron chi connectivity index (χ1n) is 6.48. The third-order valence-electron chi connectivity index (χ3n) is 2.94. The highest BCUT2D eigenvalue weighted by Gasteiger charge is 2.25. The highest BCUT2D eigenvalue weighted by molar-refractivity contribution is 9.10. The molecule has 108 valence electrons. The van der Waals surface area contributed by atoms with Gasteiger partial charge in [0.25, 0.3) is 0 Å². The zero-order chi connectivity index (χ0) is 14.3. The van der Waals surface area contributed by atoms with E-state index >= 15 is 0 Å². The normalized spacial score (nSPS) is 13.5. The number of hydrogen-bond donors (Lipinski definition) is 1. The van der Waals surface area contributed by atoms with Crippen LogP contribution in [-0.2, 0) is 0 Å². The van der Waals surface area contributed by atoms with Crippen LogP contribution < -0.4 is 5.32 Å². The molecule has 1 aromatic carbocycles. The number of hydrogen-bond acceptors (Lipinski definition) is 1. The Bertz CT molecular complexity index is 379. The lowest BCUT2D eigenvalue weighted by molar-refractivity contribution is -0.135. The summed E-state index contributed by atoms with van der Waals surface area (Å²) in [5.41, 5.74) is 1.16. The van der Waals surface area contributed by atoms with E-state index in [1.165, 1.54) is 0 Å². The summed E-state index contributed by atoms with van der Waals surface area (Å²) in [6.45, 7) is 2.68. The molecular formula is C14H19BrF3N. The molecule has 0 spiro atoms. The second-order valence-corrected chi connectivity index (χ2v) is 5.46. The van der Waals surface area contributed by atoms with Crippen molar-refractivity contribution in [2.75, 3.05) is 6.54 Å². The van der Waals surface area contributed by atoms with Crippen molar-refractivity contribution in [1.82, 2.24) is 5.32 Å². The second kappa shape index (κ2) is 7.90. The molecule has 0 aliphatic rings. The molecule has 0 fully saturated rings. The van der Waals surface area contributed by atoms with Crippen molar-refractivity contribution in [1.29, 1.82) is 0 Å². The first-order chi connectivity index (χ1) is 8.92. The van der Waals surface area contributed by atoms with Gasteiger partial charge < -0.3 is 5.32 Å². The molecule has 0 aromatic heterocycles. The molecule has 1 unspecified atom stereocenters. The fourth-order valence-corrected chi connectivity index (χ4v) is 2.36. The lowest BCUT2D eigenvalue weighted by Gasteiger charge is -2.18. The third-order valence-corrected chi connectivity index (χ3v) is 3.43. The van der Waals surface area contributed by atoms with E-state index in [1.54, 1.807) is 0 Å². The monoisotopic (exact) mass is 337 g/mol. The first-order valence-corrected chi connectivity index (χ1v) is 7.27. The van der Waals surface area contributed by atoms with E-state index < -0.39 is 12.6 Å². The maximum Gasteiger partial charge on any atom is 0.389 e. The van der Waals surface area contributed by atoms with Gasteiger partial charge in [0.15, 0.2) is 0 Å². The van der Waals surface area contributed by atoms with Crippen molar-refractivity contribution < 1.29 is 13.2 Å². The Morgan fingerprint density at radius 1 is 1.26 bits per heavy atom. The van der Waals surface area contributed by atoms with Crippen molar-refractivity contribution >= 4 is 15.9 Å². The fourth-order valence-electron chi connectivity index (χ4n) is 1.95. The van der Waals surface area contributed by atoms with Crippen LogP contribution in [0, 0.1) is 0 Å². The van der Waals surface area contributed by atoms with E-state index in [1.807, 2.05) is 24.3 Å². The molecule has 0 bridgehead atoms. The summed E-state index contributed by atoms with van der Waals surface area (Å²) in [5.74, 6) is 0. The highest BCUT2D eigenvalue weighted by Crippen LogP contribution is 2.23. The van der Waals surface area contributed by atoms with E-state index in [4.69, 9.17) is 0 Å². The molecule has 0 saturated heterocycles. The number of benzene rings is 1. The van der Waals surface area contributed by atoms with Gasteiger partial charge in [0.2, 0.25) is 0 Å². The Labute approximate surface area is 120 Å². The Morgan fingerprint density at radius 3 is 2.58 bits per heavy atom. The van der Waals surface area contributed by atoms with Gasteiger partial charge >= 0.3 is 6.18 Å². The lowest BCUT2D eigenvalue weighted by Crippen LogP contribution is -2.22. The molecule has 1 atom stereocenters. The van der Waals surface area contributed by atoms with Crippen molar-refractivity contribution in [2.45, 2.75) is 44.8 Å². The zero-order valence-corrected chi connectivity index (χ0v) is 12.5. The standard InChI is InChI=1S/C14H19BrF3N/c1-2-13(11-6-5-7-12(15)10-11)19-9-4-3-8-14(16,17)18/h5-7,10,13,19H,2-4,8-9H2,1H3. The van der Waals surface area contributed by atoms with Gasteiger partial charge in [-0.15, -0.1) is 0 Å². The number of rotatable bonds is 7. The summed E-state index contributed by atoms with van der Waals surface area (Å²) in [4.78, 5) is 0. The van der Waals surface area contributed by atoms with Crippen LogP contribution in [0.4, 0.5) is 13.2 Å². The summed E-state index contributed by atoms with van der Waals surface area (Å²) in [6, 6.07) is 8.19. The fraction of sp³-hybridized carbons (Fsp3) is 0.571. The minimum Gasteiger partial charge on any atom is -0.310 e. The summed E-state index contributed by atoms with van der Waals surface area (Å²) in [6.07, 6.45) is -3.08. The molecule has 19 heavy (non-hydrogen) atoms. The van der Waals surface area contributed by atoms with Gasteiger partial charge in [-0.25, -0.2) is 0 Å². The zero-order valence-electron chi connectivity index (χ0n) is 10.9. The Morgan fingerprint density at radius 2 is 2.00 bits per heavy atom. The average Bonchev–Trinajstić information content (AvgIpc) is 2.32. The number of halogens is 4. The van der Waals surface area contributed by atoms with Gasteiger partial charge in [-0.3, -0.25) is 0 Å². The van der Waals surface area contributed by atoms with Crippen LogP contribution in [0.1, 0.15) is 44.2 Å². The molecule has 0 aliphatic heterocycles. The van der Waals surface area contributed by atoms with Crippen LogP contribution in [0.3, 0.4) is 0 Å². The van der Waals surface area contributed by atoms with Crippen LogP contribution in [0.25, 0.3) is 0 Å².